The van der Waals surface area contributed by atoms with E-state index in [1.54, 1.807) is 0 Å². The van der Waals surface area contributed by atoms with E-state index in [0.717, 1.165) is 33.9 Å². The van der Waals surface area contributed by atoms with Crippen LogP contribution in [0.15, 0.2) is 267 Å². The molecule has 0 saturated heterocycles. The molecule has 0 unspecified atom stereocenters. The van der Waals surface area contributed by atoms with Crippen LogP contribution in [0.2, 0.25) is 0 Å². The number of aromatic nitrogens is 1. The Labute approximate surface area is 390 Å². The van der Waals surface area contributed by atoms with Crippen molar-refractivity contribution >= 4 is 49.6 Å². The smallest absolute Gasteiger partial charge is 0.0714 e. The van der Waals surface area contributed by atoms with E-state index in [4.69, 9.17) is 0 Å². The Balaban J connectivity index is 1.00. The quantitative estimate of drug-likeness (QED) is 0.148. The molecule has 67 heavy (non-hydrogen) atoms. The molecule has 2 nitrogen and oxygen atoms in total. The predicted molar refractivity (Wildman–Crippen MR) is 281 cm³/mol. The van der Waals surface area contributed by atoms with E-state index >= 15 is 0 Å². The largest absolute Gasteiger partial charge is 0.310 e. The summed E-state index contributed by atoms with van der Waals surface area (Å²) >= 11 is 0. The third kappa shape index (κ3) is 6.18. The average molecular weight is 853 g/mol. The van der Waals surface area contributed by atoms with E-state index in [0.29, 0.717) is 0 Å². The maximum Gasteiger partial charge on any atom is 0.0714 e. The summed E-state index contributed by atoms with van der Waals surface area (Å²) in [6, 6.07) is 98.1. The highest BCUT2D eigenvalue weighted by Crippen LogP contribution is 2.57. The van der Waals surface area contributed by atoms with Gasteiger partial charge in [-0.25, -0.2) is 0 Å². The Kier molecular flexibility index (Phi) is 9.11. The van der Waals surface area contributed by atoms with Gasteiger partial charge in [-0.3, -0.25) is 0 Å². The molecule has 0 atom stereocenters. The second kappa shape index (κ2) is 15.8. The van der Waals surface area contributed by atoms with Crippen molar-refractivity contribution in [2.24, 2.45) is 0 Å². The van der Waals surface area contributed by atoms with Gasteiger partial charge in [-0.05, 0) is 116 Å². The molecule has 11 aromatic carbocycles. The second-order valence-electron chi connectivity index (χ2n) is 17.6. The first-order valence-electron chi connectivity index (χ1n) is 23.2. The molecule has 13 rings (SSSR count). The first-order chi connectivity index (χ1) is 33.2. The Morgan fingerprint density at radius 2 is 0.866 bits per heavy atom. The molecule has 1 aliphatic rings. The van der Waals surface area contributed by atoms with Gasteiger partial charge in [0.05, 0.1) is 22.1 Å². The van der Waals surface area contributed by atoms with Crippen LogP contribution < -0.4 is 4.90 Å². The summed E-state index contributed by atoms with van der Waals surface area (Å²) in [6.07, 6.45) is 0. The summed E-state index contributed by atoms with van der Waals surface area (Å²) in [7, 11) is 0. The van der Waals surface area contributed by atoms with Crippen LogP contribution >= 0.6 is 0 Å². The number of benzene rings is 11. The van der Waals surface area contributed by atoms with Crippen LogP contribution in [-0.2, 0) is 5.41 Å². The monoisotopic (exact) mass is 852 g/mol. The third-order valence-electron chi connectivity index (χ3n) is 14.1. The molecule has 1 aromatic heterocycles. The zero-order valence-electron chi connectivity index (χ0n) is 36.8. The van der Waals surface area contributed by atoms with Gasteiger partial charge in [-0.15, -0.1) is 0 Å². The van der Waals surface area contributed by atoms with Crippen molar-refractivity contribution in [1.29, 1.82) is 0 Å². The minimum atomic E-state index is -0.521. The predicted octanol–water partition coefficient (Wildman–Crippen LogP) is 17.1. The zero-order chi connectivity index (χ0) is 44.3. The number of fused-ring (bicyclic) bond motifs is 7. The molecule has 0 amide bonds. The molecule has 1 heterocycles. The van der Waals surface area contributed by atoms with Gasteiger partial charge in [0.15, 0.2) is 0 Å². The lowest BCUT2D eigenvalue weighted by Gasteiger charge is -2.35. The van der Waals surface area contributed by atoms with E-state index in [2.05, 4.69) is 276 Å². The molecule has 0 bridgehead atoms. The second-order valence-corrected chi connectivity index (χ2v) is 17.6. The topological polar surface area (TPSA) is 8.17 Å². The number of hydrogen-bond acceptors (Lipinski definition) is 1. The number of rotatable bonds is 8. The molecule has 314 valence electrons. The fourth-order valence-corrected chi connectivity index (χ4v) is 11.1. The Morgan fingerprint density at radius 3 is 1.66 bits per heavy atom. The molecular formula is C65H44N2. The molecule has 12 aromatic rings. The van der Waals surface area contributed by atoms with Gasteiger partial charge in [0.2, 0.25) is 0 Å². The summed E-state index contributed by atoms with van der Waals surface area (Å²) < 4.78 is 2.42. The minimum Gasteiger partial charge on any atom is -0.310 e. The molecule has 1 aliphatic carbocycles. The van der Waals surface area contributed by atoms with Crippen molar-refractivity contribution in [2.75, 3.05) is 4.90 Å². The lowest BCUT2D eigenvalue weighted by Crippen LogP contribution is -2.28. The highest BCUT2D eigenvalue weighted by Gasteiger charge is 2.46. The van der Waals surface area contributed by atoms with Crippen molar-refractivity contribution in [3.05, 3.63) is 289 Å². The zero-order valence-corrected chi connectivity index (χ0v) is 36.8. The van der Waals surface area contributed by atoms with Gasteiger partial charge in [0.1, 0.15) is 0 Å². The SMILES string of the molecule is c1ccc(-c2ccc(-n3c4ccccc4c4ccc(-c5cccc(N(c6ccc7c(c6)C(c6ccccc6)(c6ccccc6)c6ccccc6-7)c6cccc7ccccc67)c5)cc43)cc2)cc1. The highest BCUT2D eigenvalue weighted by molar-refractivity contribution is 6.10. The number of hydrogen-bond donors (Lipinski definition) is 0. The van der Waals surface area contributed by atoms with Crippen molar-refractivity contribution in [1.82, 2.24) is 4.57 Å². The summed E-state index contributed by atoms with van der Waals surface area (Å²) in [5, 5.41) is 4.88. The van der Waals surface area contributed by atoms with E-state index in [-0.39, 0.29) is 0 Å². The first kappa shape index (κ1) is 38.7. The molecule has 0 fully saturated rings. The Hall–Kier alpha value is -8.72. The summed E-state index contributed by atoms with van der Waals surface area (Å²) in [5.41, 5.74) is 18.7. The van der Waals surface area contributed by atoms with E-state index in [9.17, 15) is 0 Å². The van der Waals surface area contributed by atoms with Crippen molar-refractivity contribution in [3.63, 3.8) is 0 Å². The van der Waals surface area contributed by atoms with Crippen LogP contribution in [-0.4, -0.2) is 4.57 Å². The van der Waals surface area contributed by atoms with Gasteiger partial charge in [-0.2, -0.15) is 0 Å². The molecule has 0 radical (unpaired) electrons. The minimum absolute atomic E-state index is 0.521. The van der Waals surface area contributed by atoms with Gasteiger partial charge in [-0.1, -0.05) is 212 Å². The summed E-state index contributed by atoms with van der Waals surface area (Å²) in [6.45, 7) is 0. The number of para-hydroxylation sites is 1. The average Bonchev–Trinajstić information content (AvgIpc) is 3.90. The number of anilines is 3. The van der Waals surface area contributed by atoms with Crippen molar-refractivity contribution in [2.45, 2.75) is 5.41 Å². The van der Waals surface area contributed by atoms with Crippen LogP contribution in [0.25, 0.3) is 71.6 Å². The van der Waals surface area contributed by atoms with E-state index < -0.39 is 5.41 Å². The van der Waals surface area contributed by atoms with E-state index in [1.165, 1.54) is 77.1 Å². The Morgan fingerprint density at radius 1 is 0.313 bits per heavy atom. The third-order valence-corrected chi connectivity index (χ3v) is 14.1. The maximum atomic E-state index is 2.47. The first-order valence-corrected chi connectivity index (χ1v) is 23.2. The molecular weight excluding hydrogens is 809 g/mol. The highest BCUT2D eigenvalue weighted by atomic mass is 15.1. The summed E-state index contributed by atoms with van der Waals surface area (Å²) in [5.74, 6) is 0. The van der Waals surface area contributed by atoms with Crippen LogP contribution in [0.1, 0.15) is 22.3 Å². The van der Waals surface area contributed by atoms with Crippen LogP contribution in [0.4, 0.5) is 17.1 Å². The van der Waals surface area contributed by atoms with Gasteiger partial charge in [0.25, 0.3) is 0 Å². The standard InChI is InChI=1S/C65H44N2/c1-4-18-45(19-5-1)46-34-37-52(38-35-46)67-63-32-15-13-30-58(63)59-40-36-49(43-64(59)67)48-22-16-27-53(42-48)66(62-33-17-21-47-20-10-11-28-55(47)62)54-39-41-57-56-29-12-14-31-60(56)65(61(57)44-54,50-23-6-2-7-24-50)51-25-8-3-9-26-51/h1-44H. The number of nitrogens with zero attached hydrogens (tertiary/aromatic N) is 2. The lowest BCUT2D eigenvalue weighted by molar-refractivity contribution is 0.768. The molecule has 0 spiro atoms. The van der Waals surface area contributed by atoms with Gasteiger partial charge >= 0.3 is 0 Å². The lowest BCUT2D eigenvalue weighted by atomic mass is 9.67. The fraction of sp³-hybridized carbons (Fsp3) is 0.0154. The van der Waals surface area contributed by atoms with Crippen LogP contribution in [0.5, 0.6) is 0 Å². The molecule has 0 N–H and O–H groups in total. The maximum absolute atomic E-state index is 2.47. The van der Waals surface area contributed by atoms with Crippen LogP contribution in [0, 0.1) is 0 Å². The van der Waals surface area contributed by atoms with Gasteiger partial charge in [0, 0.05) is 33.2 Å². The fourth-order valence-electron chi connectivity index (χ4n) is 11.1. The van der Waals surface area contributed by atoms with Gasteiger partial charge < -0.3 is 9.47 Å². The van der Waals surface area contributed by atoms with Crippen molar-refractivity contribution in [3.8, 4) is 39.1 Å². The molecule has 0 aliphatic heterocycles. The van der Waals surface area contributed by atoms with Crippen molar-refractivity contribution < 1.29 is 0 Å². The van der Waals surface area contributed by atoms with Crippen LogP contribution in [0.3, 0.4) is 0 Å². The van der Waals surface area contributed by atoms with E-state index in [1.807, 2.05) is 0 Å². The summed E-state index contributed by atoms with van der Waals surface area (Å²) in [4.78, 5) is 2.47. The normalized spacial score (nSPS) is 12.6. The molecule has 0 saturated carbocycles. The Bertz CT molecular complexity index is 3750. The molecule has 2 heteroatoms.